The molecule has 2 rings (SSSR count). The number of β-amino-alcohol motifs (C(OH)–C–C–N with tert-alkyl or cyclic N) is 1. The molecule has 1 heterocycles. The standard InChI is InChI=1S/C15H19F3N2O3/c16-15(17,18)12-3-1-2-4-13(12)23-11-14(22)20-7-5-19(6-8-20)9-10-21/h1-4,21H,5-11H2. The van der Waals surface area contributed by atoms with E-state index in [2.05, 4.69) is 0 Å². The number of carbonyl (C=O) groups excluding carboxylic acids is 1. The normalized spacial score (nSPS) is 16.4. The van der Waals surface area contributed by atoms with Crippen LogP contribution in [-0.2, 0) is 11.0 Å². The van der Waals surface area contributed by atoms with Crippen LogP contribution < -0.4 is 4.74 Å². The van der Waals surface area contributed by atoms with E-state index in [9.17, 15) is 18.0 Å². The Morgan fingerprint density at radius 3 is 2.43 bits per heavy atom. The Bertz CT molecular complexity index is 529. The number of halogens is 3. The summed E-state index contributed by atoms with van der Waals surface area (Å²) in [5.41, 5.74) is -0.888. The molecular formula is C15H19F3N2O3. The molecule has 23 heavy (non-hydrogen) atoms. The van der Waals surface area contributed by atoms with Gasteiger partial charge in [0.2, 0.25) is 0 Å². The molecule has 1 saturated heterocycles. The summed E-state index contributed by atoms with van der Waals surface area (Å²) < 4.78 is 43.6. The van der Waals surface area contributed by atoms with Crippen LogP contribution in [0.25, 0.3) is 0 Å². The largest absolute Gasteiger partial charge is 0.483 e. The van der Waals surface area contributed by atoms with Crippen molar-refractivity contribution in [2.45, 2.75) is 6.18 Å². The van der Waals surface area contributed by atoms with Gasteiger partial charge in [0, 0.05) is 32.7 Å². The van der Waals surface area contributed by atoms with E-state index >= 15 is 0 Å². The van der Waals surface area contributed by atoms with E-state index in [1.807, 2.05) is 4.90 Å². The molecule has 0 bridgehead atoms. The zero-order valence-electron chi connectivity index (χ0n) is 12.6. The number of aliphatic hydroxyl groups excluding tert-OH is 1. The SMILES string of the molecule is O=C(COc1ccccc1C(F)(F)F)N1CCN(CCO)CC1. The number of piperazine rings is 1. The molecule has 5 nitrogen and oxygen atoms in total. The number of para-hydroxylation sites is 1. The third kappa shape index (κ3) is 4.84. The number of carbonyl (C=O) groups is 1. The highest BCUT2D eigenvalue weighted by Crippen LogP contribution is 2.35. The molecule has 1 N–H and O–H groups in total. The van der Waals surface area contributed by atoms with Crippen LogP contribution in [0.2, 0.25) is 0 Å². The molecule has 1 amide bonds. The molecule has 8 heteroatoms. The second kappa shape index (κ2) is 7.65. The molecule has 0 aliphatic carbocycles. The van der Waals surface area contributed by atoms with Gasteiger partial charge in [-0.25, -0.2) is 0 Å². The lowest BCUT2D eigenvalue weighted by molar-refractivity contribution is -0.141. The number of amides is 1. The average molecular weight is 332 g/mol. The monoisotopic (exact) mass is 332 g/mol. The zero-order chi connectivity index (χ0) is 16.9. The molecular weight excluding hydrogens is 313 g/mol. The molecule has 0 unspecified atom stereocenters. The minimum Gasteiger partial charge on any atom is -0.483 e. The molecule has 1 fully saturated rings. The Labute approximate surface area is 132 Å². The lowest BCUT2D eigenvalue weighted by Gasteiger charge is -2.34. The Kier molecular flexibility index (Phi) is 5.84. The lowest BCUT2D eigenvalue weighted by atomic mass is 10.2. The predicted molar refractivity (Wildman–Crippen MR) is 77.0 cm³/mol. The van der Waals surface area contributed by atoms with Crippen LogP contribution in [0.1, 0.15) is 5.56 Å². The van der Waals surface area contributed by atoms with Crippen LogP contribution in [0.3, 0.4) is 0 Å². The van der Waals surface area contributed by atoms with E-state index in [4.69, 9.17) is 9.84 Å². The Morgan fingerprint density at radius 1 is 1.17 bits per heavy atom. The Morgan fingerprint density at radius 2 is 1.83 bits per heavy atom. The van der Waals surface area contributed by atoms with Crippen LogP contribution in [0.4, 0.5) is 13.2 Å². The maximum absolute atomic E-state index is 12.8. The van der Waals surface area contributed by atoms with Gasteiger partial charge in [-0.05, 0) is 12.1 Å². The van der Waals surface area contributed by atoms with Gasteiger partial charge >= 0.3 is 6.18 Å². The fraction of sp³-hybridized carbons (Fsp3) is 0.533. The molecule has 1 aromatic rings. The van der Waals surface area contributed by atoms with Crippen LogP contribution in [0.5, 0.6) is 5.75 Å². The van der Waals surface area contributed by atoms with Gasteiger partial charge < -0.3 is 14.7 Å². The van der Waals surface area contributed by atoms with Crippen molar-refractivity contribution in [1.29, 1.82) is 0 Å². The van der Waals surface area contributed by atoms with Crippen LogP contribution in [-0.4, -0.2) is 66.8 Å². The molecule has 0 saturated carbocycles. The number of benzene rings is 1. The maximum Gasteiger partial charge on any atom is 0.419 e. The van der Waals surface area contributed by atoms with Gasteiger partial charge in [-0.2, -0.15) is 13.2 Å². The maximum atomic E-state index is 12.8. The second-order valence-corrected chi connectivity index (χ2v) is 5.23. The van der Waals surface area contributed by atoms with Gasteiger partial charge in [0.05, 0.1) is 12.2 Å². The topological polar surface area (TPSA) is 53.0 Å². The third-order valence-electron chi connectivity index (χ3n) is 3.68. The molecule has 0 aromatic heterocycles. The second-order valence-electron chi connectivity index (χ2n) is 5.23. The summed E-state index contributed by atoms with van der Waals surface area (Å²) in [4.78, 5) is 15.6. The number of aliphatic hydroxyl groups is 1. The van der Waals surface area contributed by atoms with Crippen molar-refractivity contribution in [2.75, 3.05) is 45.9 Å². The summed E-state index contributed by atoms with van der Waals surface area (Å²) in [6.07, 6.45) is -4.52. The van der Waals surface area contributed by atoms with Crippen LogP contribution >= 0.6 is 0 Å². The van der Waals surface area contributed by atoms with E-state index in [0.29, 0.717) is 32.7 Å². The first-order valence-corrected chi connectivity index (χ1v) is 7.32. The average Bonchev–Trinajstić information content (AvgIpc) is 2.53. The summed E-state index contributed by atoms with van der Waals surface area (Å²) in [5, 5.41) is 8.86. The molecule has 0 spiro atoms. The van der Waals surface area contributed by atoms with E-state index in [0.717, 1.165) is 6.07 Å². The van der Waals surface area contributed by atoms with E-state index in [1.165, 1.54) is 18.2 Å². The van der Waals surface area contributed by atoms with Crippen molar-refractivity contribution in [2.24, 2.45) is 0 Å². The van der Waals surface area contributed by atoms with Gasteiger partial charge in [-0.15, -0.1) is 0 Å². The van der Waals surface area contributed by atoms with Crippen molar-refractivity contribution < 1.29 is 27.8 Å². The van der Waals surface area contributed by atoms with Crippen LogP contribution in [0, 0.1) is 0 Å². The lowest BCUT2D eigenvalue weighted by Crippen LogP contribution is -2.50. The number of ether oxygens (including phenoxy) is 1. The van der Waals surface area contributed by atoms with Crippen molar-refractivity contribution in [3.63, 3.8) is 0 Å². The highest BCUT2D eigenvalue weighted by molar-refractivity contribution is 5.78. The fourth-order valence-corrected chi connectivity index (χ4v) is 2.42. The minimum absolute atomic E-state index is 0.0608. The summed E-state index contributed by atoms with van der Waals surface area (Å²) in [7, 11) is 0. The zero-order valence-corrected chi connectivity index (χ0v) is 12.6. The summed E-state index contributed by atoms with van der Waals surface area (Å²) in [6, 6.07) is 4.84. The molecule has 128 valence electrons. The highest BCUT2D eigenvalue weighted by Gasteiger charge is 2.34. The third-order valence-corrected chi connectivity index (χ3v) is 3.68. The molecule has 0 radical (unpaired) electrons. The molecule has 0 atom stereocenters. The van der Waals surface area contributed by atoms with Crippen molar-refractivity contribution in [3.8, 4) is 5.75 Å². The van der Waals surface area contributed by atoms with E-state index in [1.54, 1.807) is 4.90 Å². The highest BCUT2D eigenvalue weighted by atomic mass is 19.4. The van der Waals surface area contributed by atoms with E-state index in [-0.39, 0.29) is 18.3 Å². The van der Waals surface area contributed by atoms with Gasteiger partial charge in [-0.1, -0.05) is 12.1 Å². The smallest absolute Gasteiger partial charge is 0.419 e. The minimum atomic E-state index is -4.52. The number of alkyl halides is 3. The fourth-order valence-electron chi connectivity index (χ4n) is 2.42. The van der Waals surface area contributed by atoms with Crippen LogP contribution in [0.15, 0.2) is 24.3 Å². The van der Waals surface area contributed by atoms with Crippen molar-refractivity contribution >= 4 is 5.91 Å². The van der Waals surface area contributed by atoms with Gasteiger partial charge in [0.1, 0.15) is 5.75 Å². The Balaban J connectivity index is 1.88. The Hall–Kier alpha value is -1.80. The number of hydrogen-bond donors (Lipinski definition) is 1. The molecule has 1 aromatic carbocycles. The van der Waals surface area contributed by atoms with Gasteiger partial charge in [0.15, 0.2) is 6.61 Å². The first-order chi connectivity index (χ1) is 10.9. The van der Waals surface area contributed by atoms with E-state index < -0.39 is 18.3 Å². The number of nitrogens with zero attached hydrogens (tertiary/aromatic N) is 2. The first-order valence-electron chi connectivity index (χ1n) is 7.32. The van der Waals surface area contributed by atoms with Crippen molar-refractivity contribution in [1.82, 2.24) is 9.80 Å². The van der Waals surface area contributed by atoms with Gasteiger partial charge in [0.25, 0.3) is 5.91 Å². The summed E-state index contributed by atoms with van der Waals surface area (Å²) >= 11 is 0. The summed E-state index contributed by atoms with van der Waals surface area (Å²) in [5.74, 6) is -0.683. The molecule has 1 aliphatic heterocycles. The number of rotatable bonds is 5. The number of hydrogen-bond acceptors (Lipinski definition) is 4. The van der Waals surface area contributed by atoms with Gasteiger partial charge in [-0.3, -0.25) is 9.69 Å². The first kappa shape index (κ1) is 17.6. The quantitative estimate of drug-likeness (QED) is 0.881. The molecule has 1 aliphatic rings. The summed E-state index contributed by atoms with van der Waals surface area (Å²) in [6.45, 7) is 2.40. The predicted octanol–water partition coefficient (Wildman–Crippen LogP) is 1.22. The van der Waals surface area contributed by atoms with Crippen molar-refractivity contribution in [3.05, 3.63) is 29.8 Å².